The van der Waals surface area contributed by atoms with Crippen LogP contribution in [0.15, 0.2) is 10.8 Å². The average Bonchev–Trinajstić information content (AvgIpc) is 2.66. The van der Waals surface area contributed by atoms with Crippen molar-refractivity contribution in [1.82, 2.24) is 5.32 Å². The maximum Gasteiger partial charge on any atom is 0.293 e. The van der Waals surface area contributed by atoms with Crippen molar-refractivity contribution >= 4 is 23.7 Å². The average molecular weight is 241 g/mol. The Balaban J connectivity index is 2.37. The van der Waals surface area contributed by atoms with Gasteiger partial charge in [-0.2, -0.15) is 11.3 Å². The molecule has 0 saturated carbocycles. The van der Waals surface area contributed by atoms with E-state index in [1.165, 1.54) is 18.1 Å². The first kappa shape index (κ1) is 12.7. The fourth-order valence-corrected chi connectivity index (χ4v) is 2.31. The van der Waals surface area contributed by atoms with Crippen LogP contribution >= 0.6 is 11.3 Å². The molecule has 88 valence electrons. The van der Waals surface area contributed by atoms with E-state index >= 15 is 0 Å². The van der Waals surface area contributed by atoms with Gasteiger partial charge in [0.05, 0.1) is 6.61 Å². The minimum absolute atomic E-state index is 0.0129. The molecule has 0 saturated heterocycles. The van der Waals surface area contributed by atoms with E-state index in [0.717, 1.165) is 12.8 Å². The van der Waals surface area contributed by atoms with Gasteiger partial charge in [0.2, 0.25) is 5.91 Å². The van der Waals surface area contributed by atoms with Crippen molar-refractivity contribution in [1.29, 1.82) is 0 Å². The minimum Gasteiger partial charge on any atom is -0.468 e. The second-order valence-electron chi connectivity index (χ2n) is 3.37. The lowest BCUT2D eigenvalue weighted by atomic mass is 10.1. The molecule has 0 spiro atoms. The number of hydrogen-bond acceptors (Lipinski definition) is 4. The van der Waals surface area contributed by atoms with Gasteiger partial charge in [-0.05, 0) is 28.3 Å². The number of ether oxygens (including phenoxy) is 1. The highest BCUT2D eigenvalue weighted by molar-refractivity contribution is 7.08. The summed E-state index contributed by atoms with van der Waals surface area (Å²) in [6, 6.07) is 0. The van der Waals surface area contributed by atoms with Crippen molar-refractivity contribution in [3.8, 4) is 0 Å². The van der Waals surface area contributed by atoms with Crippen molar-refractivity contribution in [2.24, 2.45) is 0 Å². The predicted molar refractivity (Wildman–Crippen MR) is 62.4 cm³/mol. The summed E-state index contributed by atoms with van der Waals surface area (Å²) in [7, 11) is 0. The van der Waals surface area contributed by atoms with Gasteiger partial charge >= 0.3 is 0 Å². The lowest BCUT2D eigenvalue weighted by Gasteiger charge is -2.04. The van der Waals surface area contributed by atoms with E-state index in [1.807, 2.05) is 0 Å². The Morgan fingerprint density at radius 1 is 1.44 bits per heavy atom. The smallest absolute Gasteiger partial charge is 0.293 e. The fraction of sp³-hybridized carbons (Fsp3) is 0.455. The first-order valence-corrected chi connectivity index (χ1v) is 6.02. The largest absolute Gasteiger partial charge is 0.468 e. The minimum atomic E-state index is -0.0129. The summed E-state index contributed by atoms with van der Waals surface area (Å²) in [6.45, 7) is 3.02. The summed E-state index contributed by atoms with van der Waals surface area (Å²) in [6.07, 6.45) is 1.55. The van der Waals surface area contributed by atoms with Crippen molar-refractivity contribution in [3.63, 3.8) is 0 Å². The molecule has 16 heavy (non-hydrogen) atoms. The van der Waals surface area contributed by atoms with Crippen LogP contribution in [0.5, 0.6) is 0 Å². The standard InChI is InChI=1S/C11H15NO3S/c1-9(14)12-4-2-10-6-16-7-11(10)3-5-15-8-13/h6-8H,2-5H2,1H3,(H,12,14). The van der Waals surface area contributed by atoms with Crippen molar-refractivity contribution < 1.29 is 14.3 Å². The molecule has 0 fully saturated rings. The van der Waals surface area contributed by atoms with Crippen LogP contribution in [-0.2, 0) is 27.2 Å². The number of hydrogen-bond donors (Lipinski definition) is 1. The molecule has 1 amide bonds. The first-order valence-electron chi connectivity index (χ1n) is 5.07. The SMILES string of the molecule is CC(=O)NCCc1cscc1CCOC=O. The summed E-state index contributed by atoms with van der Waals surface area (Å²) in [5.41, 5.74) is 2.41. The molecule has 0 bridgehead atoms. The van der Waals surface area contributed by atoms with E-state index in [4.69, 9.17) is 0 Å². The quantitative estimate of drug-likeness (QED) is 0.575. The van der Waals surface area contributed by atoms with E-state index < -0.39 is 0 Å². The predicted octanol–water partition coefficient (Wildman–Crippen LogP) is 1.14. The topological polar surface area (TPSA) is 55.4 Å². The molecule has 1 N–H and O–H groups in total. The number of carbonyl (C=O) groups excluding carboxylic acids is 2. The van der Waals surface area contributed by atoms with Crippen molar-refractivity contribution in [2.45, 2.75) is 19.8 Å². The van der Waals surface area contributed by atoms with E-state index in [1.54, 1.807) is 11.3 Å². The van der Waals surface area contributed by atoms with Crippen LogP contribution in [0.4, 0.5) is 0 Å². The molecule has 4 nitrogen and oxygen atoms in total. The van der Waals surface area contributed by atoms with Crippen LogP contribution in [0.25, 0.3) is 0 Å². The van der Waals surface area contributed by atoms with Crippen LogP contribution < -0.4 is 5.32 Å². The van der Waals surface area contributed by atoms with Crippen molar-refractivity contribution in [2.75, 3.05) is 13.2 Å². The third kappa shape index (κ3) is 4.44. The Bertz CT molecular complexity index is 349. The van der Waals surface area contributed by atoms with Crippen molar-refractivity contribution in [3.05, 3.63) is 21.9 Å². The van der Waals surface area contributed by atoms with E-state index in [9.17, 15) is 9.59 Å². The second kappa shape index (κ2) is 7.00. The Labute approximate surface area is 98.6 Å². The van der Waals surface area contributed by atoms with Crippen LogP contribution in [0.3, 0.4) is 0 Å². The van der Waals surface area contributed by atoms with Gasteiger partial charge in [0, 0.05) is 19.9 Å². The maximum absolute atomic E-state index is 10.7. The van der Waals surface area contributed by atoms with Gasteiger partial charge in [-0.1, -0.05) is 0 Å². The number of rotatable bonds is 7. The van der Waals surface area contributed by atoms with Gasteiger partial charge in [0.25, 0.3) is 6.47 Å². The fourth-order valence-electron chi connectivity index (χ4n) is 1.38. The monoisotopic (exact) mass is 241 g/mol. The molecule has 1 heterocycles. The Morgan fingerprint density at radius 3 is 2.75 bits per heavy atom. The van der Waals surface area contributed by atoms with E-state index in [2.05, 4.69) is 20.8 Å². The second-order valence-corrected chi connectivity index (χ2v) is 4.12. The molecule has 0 aliphatic rings. The van der Waals surface area contributed by atoms with E-state index in [-0.39, 0.29) is 5.91 Å². The molecule has 0 aromatic carbocycles. The van der Waals surface area contributed by atoms with Gasteiger partial charge < -0.3 is 10.1 Å². The zero-order valence-corrected chi connectivity index (χ0v) is 10.0. The maximum atomic E-state index is 10.7. The van der Waals surface area contributed by atoms with Crippen LogP contribution in [-0.4, -0.2) is 25.5 Å². The molecule has 1 aromatic rings. The Morgan fingerprint density at radius 2 is 2.12 bits per heavy atom. The highest BCUT2D eigenvalue weighted by atomic mass is 32.1. The molecular weight excluding hydrogens is 226 g/mol. The van der Waals surface area contributed by atoms with Crippen LogP contribution in [0, 0.1) is 0 Å². The van der Waals surface area contributed by atoms with Gasteiger partial charge in [0.15, 0.2) is 0 Å². The van der Waals surface area contributed by atoms with Gasteiger partial charge in [-0.25, -0.2) is 0 Å². The lowest BCUT2D eigenvalue weighted by Crippen LogP contribution is -2.22. The molecule has 0 unspecified atom stereocenters. The summed E-state index contributed by atoms with van der Waals surface area (Å²) in [5, 5.41) is 6.88. The van der Waals surface area contributed by atoms with Gasteiger partial charge in [0.1, 0.15) is 0 Å². The third-order valence-corrected chi connectivity index (χ3v) is 3.00. The van der Waals surface area contributed by atoms with Gasteiger partial charge in [-0.15, -0.1) is 0 Å². The van der Waals surface area contributed by atoms with Crippen LogP contribution in [0.1, 0.15) is 18.1 Å². The zero-order valence-electron chi connectivity index (χ0n) is 9.19. The molecular formula is C11H15NO3S. The summed E-state index contributed by atoms with van der Waals surface area (Å²) in [5.74, 6) is -0.0129. The normalized spacial score (nSPS) is 9.81. The molecule has 5 heteroatoms. The molecule has 0 aliphatic carbocycles. The zero-order chi connectivity index (χ0) is 11.8. The number of nitrogens with one attached hydrogen (secondary N) is 1. The number of thiophene rings is 1. The highest BCUT2D eigenvalue weighted by Crippen LogP contribution is 2.16. The third-order valence-electron chi connectivity index (χ3n) is 2.16. The Hall–Kier alpha value is -1.36. The summed E-state index contributed by atoms with van der Waals surface area (Å²) >= 11 is 1.63. The molecule has 0 atom stereocenters. The lowest BCUT2D eigenvalue weighted by molar-refractivity contribution is -0.128. The highest BCUT2D eigenvalue weighted by Gasteiger charge is 2.04. The first-order chi connectivity index (χ1) is 7.74. The molecule has 1 aromatic heterocycles. The summed E-state index contributed by atoms with van der Waals surface area (Å²) < 4.78 is 4.66. The molecule has 0 radical (unpaired) electrons. The van der Waals surface area contributed by atoms with E-state index in [0.29, 0.717) is 19.6 Å². The summed E-state index contributed by atoms with van der Waals surface area (Å²) in [4.78, 5) is 20.7. The number of amides is 1. The number of carbonyl (C=O) groups is 2. The molecule has 0 aliphatic heterocycles. The van der Waals surface area contributed by atoms with Crippen LogP contribution in [0.2, 0.25) is 0 Å². The Kier molecular flexibility index (Phi) is 5.56. The molecule has 1 rings (SSSR count). The van der Waals surface area contributed by atoms with Gasteiger partial charge in [-0.3, -0.25) is 9.59 Å².